The highest BCUT2D eigenvalue weighted by Crippen LogP contribution is 2.29. The fourth-order valence-electron chi connectivity index (χ4n) is 4.02. The second-order valence-corrected chi connectivity index (χ2v) is 6.72. The Morgan fingerprint density at radius 1 is 0.958 bits per heavy atom. The van der Waals surface area contributed by atoms with Gasteiger partial charge in [0.25, 0.3) is 0 Å². The van der Waals surface area contributed by atoms with Crippen molar-refractivity contribution in [2.24, 2.45) is 0 Å². The highest BCUT2D eigenvalue weighted by molar-refractivity contribution is 5.97. The van der Waals surface area contributed by atoms with E-state index in [4.69, 9.17) is 0 Å². The molecule has 4 rings (SSSR count). The van der Waals surface area contributed by atoms with E-state index < -0.39 is 17.7 Å². The van der Waals surface area contributed by atoms with E-state index in [1.165, 1.54) is 6.07 Å². The van der Waals surface area contributed by atoms with Crippen LogP contribution in [0.2, 0.25) is 0 Å². The number of hydrogen-bond acceptors (Lipinski definition) is 3. The van der Waals surface area contributed by atoms with Gasteiger partial charge in [-0.05, 0) is 30.5 Å². The smallest absolute Gasteiger partial charge is 0.247 e. The summed E-state index contributed by atoms with van der Waals surface area (Å²) in [6.45, 7) is 2.66. The highest BCUT2D eigenvalue weighted by atomic mass is 19.2. The molecule has 0 aromatic heterocycles. The van der Waals surface area contributed by atoms with Gasteiger partial charge in [0.2, 0.25) is 11.8 Å². The van der Waals surface area contributed by atoms with Crippen LogP contribution in [-0.2, 0) is 16.1 Å². The van der Waals surface area contributed by atoms with Crippen LogP contribution in [0.1, 0.15) is 18.4 Å². The lowest BCUT2D eigenvalue weighted by Crippen LogP contribution is -2.68. The summed E-state index contributed by atoms with van der Waals surface area (Å²) >= 11 is 0. The van der Waals surface area contributed by atoms with E-state index in [1.54, 1.807) is 15.9 Å². The number of piperazine rings is 2. The van der Waals surface area contributed by atoms with Crippen molar-refractivity contribution in [3.8, 4) is 0 Å². The molecule has 128 valence electrons. The second kappa shape index (κ2) is 5.81. The van der Waals surface area contributed by atoms with E-state index in [0.29, 0.717) is 38.3 Å². The van der Waals surface area contributed by atoms with Gasteiger partial charge < -0.3 is 9.80 Å². The minimum absolute atomic E-state index is 0.0205. The van der Waals surface area contributed by atoms with E-state index in [0.717, 1.165) is 18.9 Å². The lowest BCUT2D eigenvalue weighted by atomic mass is 10.0. The predicted molar refractivity (Wildman–Crippen MR) is 81.9 cm³/mol. The number of benzene rings is 1. The molecule has 1 aromatic carbocycles. The van der Waals surface area contributed by atoms with E-state index in [9.17, 15) is 18.4 Å². The molecule has 2 atom stereocenters. The van der Waals surface area contributed by atoms with Gasteiger partial charge in [-0.1, -0.05) is 6.07 Å². The van der Waals surface area contributed by atoms with Crippen molar-refractivity contribution in [1.82, 2.24) is 14.7 Å². The van der Waals surface area contributed by atoms with Gasteiger partial charge in [-0.2, -0.15) is 0 Å². The van der Waals surface area contributed by atoms with Crippen LogP contribution in [-0.4, -0.2) is 64.8 Å². The summed E-state index contributed by atoms with van der Waals surface area (Å²) in [7, 11) is 0. The molecular formula is C17H19F2N3O2. The maximum absolute atomic E-state index is 13.4. The third kappa shape index (κ3) is 2.47. The molecule has 1 aromatic rings. The number of fused-ring (bicyclic) bond motifs is 2. The number of carbonyl (C=O) groups excluding carboxylic acids is 2. The van der Waals surface area contributed by atoms with Gasteiger partial charge >= 0.3 is 0 Å². The van der Waals surface area contributed by atoms with Crippen molar-refractivity contribution in [2.75, 3.05) is 26.2 Å². The number of rotatable bonds is 2. The zero-order valence-corrected chi connectivity index (χ0v) is 13.3. The Balaban J connectivity index is 1.49. The molecule has 7 heteroatoms. The molecule has 0 aliphatic carbocycles. The molecule has 0 unspecified atom stereocenters. The molecule has 3 aliphatic rings. The quantitative estimate of drug-likeness (QED) is 0.809. The zero-order chi connectivity index (χ0) is 16.8. The van der Waals surface area contributed by atoms with Crippen LogP contribution in [0.3, 0.4) is 0 Å². The Hall–Kier alpha value is -2.02. The second-order valence-electron chi connectivity index (χ2n) is 6.72. The third-order valence-corrected chi connectivity index (χ3v) is 5.24. The molecule has 0 bridgehead atoms. The third-order valence-electron chi connectivity index (χ3n) is 5.24. The fourth-order valence-corrected chi connectivity index (χ4v) is 4.02. The topological polar surface area (TPSA) is 43.9 Å². The largest absolute Gasteiger partial charge is 0.329 e. The zero-order valence-electron chi connectivity index (χ0n) is 13.3. The average molecular weight is 335 g/mol. The minimum Gasteiger partial charge on any atom is -0.329 e. The first-order valence-electron chi connectivity index (χ1n) is 8.32. The average Bonchev–Trinajstić information content (AvgIpc) is 3.06. The maximum atomic E-state index is 13.4. The first-order valence-corrected chi connectivity index (χ1v) is 8.32. The first kappa shape index (κ1) is 15.5. The van der Waals surface area contributed by atoms with Gasteiger partial charge in [0, 0.05) is 32.7 Å². The Kier molecular flexibility index (Phi) is 3.75. The van der Waals surface area contributed by atoms with Gasteiger partial charge in [-0.15, -0.1) is 0 Å². The van der Waals surface area contributed by atoms with Crippen molar-refractivity contribution < 1.29 is 18.4 Å². The van der Waals surface area contributed by atoms with Gasteiger partial charge in [0.1, 0.15) is 12.1 Å². The Morgan fingerprint density at radius 2 is 1.71 bits per heavy atom. The molecule has 2 amide bonds. The molecule has 5 nitrogen and oxygen atoms in total. The van der Waals surface area contributed by atoms with Crippen LogP contribution in [0.5, 0.6) is 0 Å². The molecule has 3 fully saturated rings. The summed E-state index contributed by atoms with van der Waals surface area (Å²) in [4.78, 5) is 30.7. The van der Waals surface area contributed by atoms with E-state index in [2.05, 4.69) is 0 Å². The molecule has 3 saturated heterocycles. The Labute approximate surface area is 138 Å². The van der Waals surface area contributed by atoms with E-state index in [-0.39, 0.29) is 17.9 Å². The SMILES string of the molecule is O=C1[C@@H]2CCCN2C(=O)[C@H]2CN(Cc3ccc(F)c(F)c3)CCN12. The van der Waals surface area contributed by atoms with Crippen LogP contribution in [0.25, 0.3) is 0 Å². The van der Waals surface area contributed by atoms with Gasteiger partial charge in [-0.3, -0.25) is 14.5 Å². The summed E-state index contributed by atoms with van der Waals surface area (Å²) < 4.78 is 26.4. The summed E-state index contributed by atoms with van der Waals surface area (Å²) in [5.74, 6) is -1.65. The van der Waals surface area contributed by atoms with Crippen molar-refractivity contribution in [1.29, 1.82) is 0 Å². The number of hydrogen-bond donors (Lipinski definition) is 0. The molecule has 0 N–H and O–H groups in total. The number of amides is 2. The summed E-state index contributed by atoms with van der Waals surface area (Å²) in [6, 6.07) is 3.13. The van der Waals surface area contributed by atoms with Gasteiger partial charge in [0.05, 0.1) is 0 Å². The molecule has 0 saturated carbocycles. The lowest BCUT2D eigenvalue weighted by molar-refractivity contribution is -0.163. The highest BCUT2D eigenvalue weighted by Gasteiger charge is 2.49. The normalized spacial score (nSPS) is 27.4. The monoisotopic (exact) mass is 335 g/mol. The summed E-state index contributed by atoms with van der Waals surface area (Å²) in [5.41, 5.74) is 0.663. The number of halogens is 2. The fraction of sp³-hybridized carbons (Fsp3) is 0.529. The van der Waals surface area contributed by atoms with Gasteiger partial charge in [0.15, 0.2) is 11.6 Å². The van der Waals surface area contributed by atoms with Crippen molar-refractivity contribution >= 4 is 11.8 Å². The molecule has 3 heterocycles. The Morgan fingerprint density at radius 3 is 2.50 bits per heavy atom. The lowest BCUT2D eigenvalue weighted by Gasteiger charge is -2.47. The van der Waals surface area contributed by atoms with Crippen LogP contribution >= 0.6 is 0 Å². The van der Waals surface area contributed by atoms with Crippen LogP contribution in [0, 0.1) is 11.6 Å². The van der Waals surface area contributed by atoms with Gasteiger partial charge in [-0.25, -0.2) is 8.78 Å². The minimum atomic E-state index is -0.866. The molecule has 0 spiro atoms. The van der Waals surface area contributed by atoms with Crippen molar-refractivity contribution in [3.05, 3.63) is 35.4 Å². The first-order chi connectivity index (χ1) is 11.5. The van der Waals surface area contributed by atoms with Crippen LogP contribution < -0.4 is 0 Å². The summed E-state index contributed by atoms with van der Waals surface area (Å²) in [6.07, 6.45) is 1.63. The van der Waals surface area contributed by atoms with Crippen LogP contribution in [0.4, 0.5) is 8.78 Å². The van der Waals surface area contributed by atoms with E-state index in [1.807, 2.05) is 4.90 Å². The molecular weight excluding hydrogens is 316 g/mol. The predicted octanol–water partition coefficient (Wildman–Crippen LogP) is 0.982. The number of nitrogens with zero attached hydrogens (tertiary/aromatic N) is 3. The van der Waals surface area contributed by atoms with Crippen molar-refractivity contribution in [2.45, 2.75) is 31.5 Å². The van der Waals surface area contributed by atoms with E-state index >= 15 is 0 Å². The molecule has 0 radical (unpaired) electrons. The standard InChI is InChI=1S/C17H19F2N3O2/c18-12-4-3-11(8-13(12)19)9-20-6-7-22-15(10-20)17(24)21-5-1-2-14(21)16(22)23/h3-4,8,14-15H,1-2,5-7,9-10H2/t14-,15+/m0/s1. The maximum Gasteiger partial charge on any atom is 0.247 e. The van der Waals surface area contributed by atoms with Crippen molar-refractivity contribution in [3.63, 3.8) is 0 Å². The summed E-state index contributed by atoms with van der Waals surface area (Å²) in [5, 5.41) is 0. The Bertz CT molecular complexity index is 696. The van der Waals surface area contributed by atoms with Crippen LogP contribution in [0.15, 0.2) is 18.2 Å². The number of carbonyl (C=O) groups is 2. The molecule has 24 heavy (non-hydrogen) atoms. The molecule has 3 aliphatic heterocycles.